The Bertz CT molecular complexity index is 416. The molecule has 0 radical (unpaired) electrons. The second kappa shape index (κ2) is 5.87. The average molecular weight is 248 g/mol. The summed E-state index contributed by atoms with van der Waals surface area (Å²) in [5.41, 5.74) is 6.86. The fourth-order valence-electron chi connectivity index (χ4n) is 1.73. The van der Waals surface area contributed by atoms with Crippen molar-refractivity contribution in [2.45, 2.75) is 12.8 Å². The Labute approximate surface area is 108 Å². The molecule has 1 fully saturated rings. The van der Waals surface area contributed by atoms with Gasteiger partial charge in [0.25, 0.3) is 5.91 Å². The van der Waals surface area contributed by atoms with E-state index < -0.39 is 0 Å². The highest BCUT2D eigenvalue weighted by Crippen LogP contribution is 2.28. The molecule has 1 aromatic rings. The van der Waals surface area contributed by atoms with Crippen molar-refractivity contribution in [1.29, 1.82) is 0 Å². The van der Waals surface area contributed by atoms with Crippen molar-refractivity contribution in [3.8, 4) is 0 Å². The summed E-state index contributed by atoms with van der Waals surface area (Å²) in [6.45, 7) is 2.01. The van der Waals surface area contributed by atoms with E-state index in [9.17, 15) is 4.79 Å². The van der Waals surface area contributed by atoms with Crippen LogP contribution in [0.1, 0.15) is 23.2 Å². The molecule has 4 nitrogen and oxygen atoms in total. The van der Waals surface area contributed by atoms with Crippen LogP contribution in [0.2, 0.25) is 0 Å². The Morgan fingerprint density at radius 1 is 1.44 bits per heavy atom. The van der Waals surface area contributed by atoms with Gasteiger partial charge in [-0.05, 0) is 30.9 Å². The number of para-hydroxylation sites is 1. The second-order valence-corrected chi connectivity index (χ2v) is 4.83. The van der Waals surface area contributed by atoms with Crippen LogP contribution in [0.5, 0.6) is 0 Å². The molecule has 0 atom stereocenters. The number of ether oxygens (including phenoxy) is 1. The van der Waals surface area contributed by atoms with E-state index in [1.165, 1.54) is 12.8 Å². The number of carbonyl (C=O) groups excluding carboxylic acids is 1. The highest BCUT2D eigenvalue weighted by atomic mass is 16.5. The lowest BCUT2D eigenvalue weighted by Gasteiger charge is -2.18. The molecule has 0 unspecified atom stereocenters. The van der Waals surface area contributed by atoms with Crippen LogP contribution in [-0.2, 0) is 4.74 Å². The third-order valence-corrected chi connectivity index (χ3v) is 3.16. The van der Waals surface area contributed by atoms with Crippen molar-refractivity contribution in [2.75, 3.05) is 32.5 Å². The maximum absolute atomic E-state index is 12.1. The van der Waals surface area contributed by atoms with Gasteiger partial charge < -0.3 is 15.4 Å². The third-order valence-electron chi connectivity index (χ3n) is 3.16. The number of hydrogen-bond donors (Lipinski definition) is 1. The first-order valence-corrected chi connectivity index (χ1v) is 6.36. The fraction of sp³-hybridized carbons (Fsp3) is 0.500. The molecule has 4 heteroatoms. The normalized spacial score (nSPS) is 14.5. The van der Waals surface area contributed by atoms with E-state index in [4.69, 9.17) is 10.5 Å². The van der Waals surface area contributed by atoms with Crippen molar-refractivity contribution in [3.05, 3.63) is 29.8 Å². The summed E-state index contributed by atoms with van der Waals surface area (Å²) in [5.74, 6) is 0.707. The summed E-state index contributed by atoms with van der Waals surface area (Å²) in [6.07, 6.45) is 2.57. The van der Waals surface area contributed by atoms with Crippen LogP contribution >= 0.6 is 0 Å². The number of nitrogen functional groups attached to an aromatic ring is 1. The highest BCUT2D eigenvalue weighted by Gasteiger charge is 2.21. The Kier molecular flexibility index (Phi) is 4.20. The van der Waals surface area contributed by atoms with Crippen LogP contribution in [0, 0.1) is 5.92 Å². The molecule has 1 amide bonds. The van der Waals surface area contributed by atoms with Gasteiger partial charge in [0.15, 0.2) is 0 Å². The van der Waals surface area contributed by atoms with Gasteiger partial charge in [-0.2, -0.15) is 0 Å². The lowest BCUT2D eigenvalue weighted by Crippen LogP contribution is -2.30. The van der Waals surface area contributed by atoms with Crippen LogP contribution < -0.4 is 5.73 Å². The molecule has 0 heterocycles. The summed E-state index contributed by atoms with van der Waals surface area (Å²) < 4.78 is 5.52. The van der Waals surface area contributed by atoms with Gasteiger partial charge in [0.1, 0.15) is 0 Å². The largest absolute Gasteiger partial charge is 0.398 e. The zero-order chi connectivity index (χ0) is 13.0. The Morgan fingerprint density at radius 2 is 2.17 bits per heavy atom. The van der Waals surface area contributed by atoms with E-state index in [2.05, 4.69) is 0 Å². The SMILES string of the molecule is CN(CCOCC1CC1)C(=O)c1ccccc1N. The van der Waals surface area contributed by atoms with Gasteiger partial charge in [-0.15, -0.1) is 0 Å². The van der Waals surface area contributed by atoms with Gasteiger partial charge >= 0.3 is 0 Å². The smallest absolute Gasteiger partial charge is 0.255 e. The molecule has 2 N–H and O–H groups in total. The maximum atomic E-state index is 12.1. The monoisotopic (exact) mass is 248 g/mol. The molecule has 1 aromatic carbocycles. The van der Waals surface area contributed by atoms with Crippen molar-refractivity contribution in [2.24, 2.45) is 5.92 Å². The van der Waals surface area contributed by atoms with E-state index in [1.54, 1.807) is 24.1 Å². The predicted molar refractivity (Wildman–Crippen MR) is 71.4 cm³/mol. The Balaban J connectivity index is 1.78. The van der Waals surface area contributed by atoms with Gasteiger partial charge in [-0.25, -0.2) is 0 Å². The first-order valence-electron chi connectivity index (χ1n) is 6.36. The van der Waals surface area contributed by atoms with Crippen molar-refractivity contribution in [1.82, 2.24) is 4.90 Å². The second-order valence-electron chi connectivity index (χ2n) is 4.83. The van der Waals surface area contributed by atoms with Crippen LogP contribution in [0.25, 0.3) is 0 Å². The molecular formula is C14H20N2O2. The molecule has 98 valence electrons. The number of rotatable bonds is 6. The topological polar surface area (TPSA) is 55.6 Å². The van der Waals surface area contributed by atoms with E-state index in [0.29, 0.717) is 24.4 Å². The first kappa shape index (κ1) is 12.9. The van der Waals surface area contributed by atoms with Crippen molar-refractivity contribution >= 4 is 11.6 Å². The minimum atomic E-state index is -0.0527. The maximum Gasteiger partial charge on any atom is 0.255 e. The van der Waals surface area contributed by atoms with Gasteiger partial charge in [-0.3, -0.25) is 4.79 Å². The zero-order valence-electron chi connectivity index (χ0n) is 10.8. The number of nitrogens with two attached hydrogens (primary N) is 1. The highest BCUT2D eigenvalue weighted by molar-refractivity contribution is 5.98. The summed E-state index contributed by atoms with van der Waals surface area (Å²) in [4.78, 5) is 13.7. The van der Waals surface area contributed by atoms with E-state index in [1.807, 2.05) is 12.1 Å². The molecule has 0 bridgehead atoms. The predicted octanol–water partition coefficient (Wildman–Crippen LogP) is 1.77. The first-order chi connectivity index (χ1) is 8.68. The Morgan fingerprint density at radius 3 is 2.83 bits per heavy atom. The summed E-state index contributed by atoms with van der Waals surface area (Å²) in [6, 6.07) is 7.13. The van der Waals surface area contributed by atoms with E-state index in [0.717, 1.165) is 12.5 Å². The Hall–Kier alpha value is -1.55. The number of carbonyl (C=O) groups is 1. The van der Waals surface area contributed by atoms with Crippen molar-refractivity contribution < 1.29 is 9.53 Å². The lowest BCUT2D eigenvalue weighted by molar-refractivity contribution is 0.0682. The molecule has 0 spiro atoms. The van der Waals surface area contributed by atoms with Crippen LogP contribution in [0.15, 0.2) is 24.3 Å². The molecule has 2 rings (SSSR count). The van der Waals surface area contributed by atoms with Crippen LogP contribution in [0.4, 0.5) is 5.69 Å². The van der Waals surface area contributed by atoms with Gasteiger partial charge in [-0.1, -0.05) is 12.1 Å². The standard InChI is InChI=1S/C14H20N2O2/c1-16(8-9-18-10-11-6-7-11)14(17)12-4-2-3-5-13(12)15/h2-5,11H,6-10,15H2,1H3. The number of amides is 1. The zero-order valence-corrected chi connectivity index (χ0v) is 10.8. The minimum absolute atomic E-state index is 0.0527. The molecule has 0 aliphatic heterocycles. The quantitative estimate of drug-likeness (QED) is 0.616. The number of anilines is 1. The van der Waals surface area contributed by atoms with Crippen molar-refractivity contribution in [3.63, 3.8) is 0 Å². The molecule has 0 saturated heterocycles. The van der Waals surface area contributed by atoms with Gasteiger partial charge in [0, 0.05) is 25.9 Å². The molecular weight excluding hydrogens is 228 g/mol. The summed E-state index contributed by atoms with van der Waals surface area (Å²) >= 11 is 0. The third kappa shape index (κ3) is 3.47. The lowest BCUT2D eigenvalue weighted by atomic mass is 10.1. The molecule has 18 heavy (non-hydrogen) atoms. The van der Waals surface area contributed by atoms with E-state index in [-0.39, 0.29) is 5.91 Å². The summed E-state index contributed by atoms with van der Waals surface area (Å²) in [5, 5.41) is 0. The average Bonchev–Trinajstić information content (AvgIpc) is 3.18. The number of nitrogens with zero attached hydrogens (tertiary/aromatic N) is 1. The molecule has 1 saturated carbocycles. The van der Waals surface area contributed by atoms with Crippen LogP contribution in [0.3, 0.4) is 0 Å². The van der Waals surface area contributed by atoms with E-state index >= 15 is 0 Å². The molecule has 0 aromatic heterocycles. The minimum Gasteiger partial charge on any atom is -0.398 e. The van der Waals surface area contributed by atoms with Gasteiger partial charge in [0.2, 0.25) is 0 Å². The summed E-state index contributed by atoms with van der Waals surface area (Å²) in [7, 11) is 1.77. The molecule has 1 aliphatic rings. The fourth-order valence-corrected chi connectivity index (χ4v) is 1.73. The van der Waals surface area contributed by atoms with Crippen LogP contribution in [-0.4, -0.2) is 37.6 Å². The van der Waals surface area contributed by atoms with Gasteiger partial charge in [0.05, 0.1) is 12.2 Å². The number of likely N-dealkylation sites (N-methyl/N-ethyl adjacent to an activating group) is 1. The number of hydrogen-bond acceptors (Lipinski definition) is 3. The molecule has 1 aliphatic carbocycles. The number of benzene rings is 1.